The topological polar surface area (TPSA) is 93.1 Å². The molecule has 1 saturated heterocycles. The second-order valence-electron chi connectivity index (χ2n) is 13.3. The van der Waals surface area contributed by atoms with Crippen LogP contribution in [0.15, 0.2) is 82.1 Å². The second kappa shape index (κ2) is 10.00. The van der Waals surface area contributed by atoms with Crippen molar-refractivity contribution in [3.05, 3.63) is 83.5 Å². The minimum Gasteiger partial charge on any atom is -0.393 e. The third-order valence-corrected chi connectivity index (χ3v) is 12.2. The van der Waals surface area contributed by atoms with Crippen LogP contribution in [0.25, 0.3) is 0 Å². The molecule has 5 aliphatic rings. The maximum atomic E-state index is 13.7. The summed E-state index contributed by atoms with van der Waals surface area (Å²) in [4.78, 5) is 28.2. The first-order chi connectivity index (χ1) is 20.1. The highest BCUT2D eigenvalue weighted by Gasteiger charge is 2.75. The number of hydrogen-bond acceptors (Lipinski definition) is 7. The van der Waals surface area contributed by atoms with E-state index in [1.165, 1.54) is 10.5 Å². The molecule has 0 amide bonds. The van der Waals surface area contributed by atoms with E-state index >= 15 is 0 Å². The molecule has 2 N–H and O–H groups in total. The predicted molar refractivity (Wildman–Crippen MR) is 159 cm³/mol. The summed E-state index contributed by atoms with van der Waals surface area (Å²) in [5.41, 5.74) is 0.688. The number of allylic oxidation sites excluding steroid dienone is 4. The van der Waals surface area contributed by atoms with Crippen molar-refractivity contribution in [1.82, 2.24) is 0 Å². The van der Waals surface area contributed by atoms with Gasteiger partial charge in [0, 0.05) is 32.1 Å². The molecule has 2 aromatic rings. The van der Waals surface area contributed by atoms with Crippen LogP contribution in [0.2, 0.25) is 0 Å². The Morgan fingerprint density at radius 3 is 2.64 bits per heavy atom. The molecule has 7 rings (SSSR count). The van der Waals surface area contributed by atoms with Gasteiger partial charge in [0.25, 0.3) is 0 Å². The highest BCUT2D eigenvalue weighted by atomic mass is 32.2. The molecule has 7 heteroatoms. The summed E-state index contributed by atoms with van der Waals surface area (Å²) in [6.45, 7) is 5.64. The first-order valence-electron chi connectivity index (χ1n) is 15.0. The van der Waals surface area contributed by atoms with Crippen molar-refractivity contribution < 1.29 is 29.3 Å². The van der Waals surface area contributed by atoms with Crippen LogP contribution >= 0.6 is 11.8 Å². The Morgan fingerprint density at radius 1 is 1.12 bits per heavy atom. The average Bonchev–Trinajstić information content (AvgIpc) is 3.46. The van der Waals surface area contributed by atoms with E-state index in [-0.39, 0.29) is 29.3 Å². The molecule has 2 aromatic carbocycles. The third-order valence-electron chi connectivity index (χ3n) is 11.2. The van der Waals surface area contributed by atoms with Crippen LogP contribution in [-0.2, 0) is 19.1 Å². The van der Waals surface area contributed by atoms with Gasteiger partial charge in [-0.15, -0.1) is 0 Å². The number of fused-ring (bicyclic) bond motifs is 7. The van der Waals surface area contributed by atoms with E-state index in [1.807, 2.05) is 30.3 Å². The average molecular weight is 587 g/mol. The molecule has 0 radical (unpaired) electrons. The molecular formula is C35H38O6S. The molecule has 0 bridgehead atoms. The van der Waals surface area contributed by atoms with Gasteiger partial charge in [-0.25, -0.2) is 0 Å². The Bertz CT molecular complexity index is 1500. The smallest absolute Gasteiger partial charge is 0.193 e. The van der Waals surface area contributed by atoms with Crippen molar-refractivity contribution in [3.63, 3.8) is 0 Å². The monoisotopic (exact) mass is 586 g/mol. The fourth-order valence-corrected chi connectivity index (χ4v) is 10.3. The third kappa shape index (κ3) is 4.01. The van der Waals surface area contributed by atoms with E-state index < -0.39 is 41.5 Å². The van der Waals surface area contributed by atoms with Gasteiger partial charge in [-0.1, -0.05) is 67.1 Å². The van der Waals surface area contributed by atoms with Gasteiger partial charge in [-0.3, -0.25) is 9.59 Å². The molecule has 1 aliphatic heterocycles. The molecule has 0 spiro atoms. The van der Waals surface area contributed by atoms with Crippen LogP contribution < -0.4 is 0 Å². The summed E-state index contributed by atoms with van der Waals surface area (Å²) < 4.78 is 13.3. The lowest BCUT2D eigenvalue weighted by Crippen LogP contribution is -2.63. The zero-order chi connectivity index (χ0) is 29.4. The Morgan fingerprint density at radius 2 is 1.90 bits per heavy atom. The molecular weight excluding hydrogens is 548 g/mol. The number of rotatable bonds is 5. The standard InChI is InChI=1S/C35H38O6S/c1-20-5-4-6-25(15-20)42-24-10-7-21(8-11-24)32-40-30-17-27-26-12-9-22-16-23(37)13-14-33(22,2)31(26)28(38)18-34(27,3)35(30,41-32)29(39)19-36/h4-8,10-11,13-16,26-28,30-32,36,38H,9,12,17-19H2,1-3H3/t26-,27-,28-,30+,31+,32+,33-,34-,35+/m0/s1. The molecule has 1 heterocycles. The van der Waals surface area contributed by atoms with Crippen LogP contribution in [0.4, 0.5) is 0 Å². The number of ether oxygens (including phenoxy) is 2. The van der Waals surface area contributed by atoms with Gasteiger partial charge in [0.05, 0.1) is 12.2 Å². The van der Waals surface area contributed by atoms with E-state index in [2.05, 4.69) is 45.0 Å². The number of aryl methyl sites for hydroxylation is 1. The largest absolute Gasteiger partial charge is 0.393 e. The quantitative estimate of drug-likeness (QED) is 0.461. The number of carbonyl (C=O) groups is 2. The Labute approximate surface area is 251 Å². The van der Waals surface area contributed by atoms with E-state index in [9.17, 15) is 19.8 Å². The molecule has 0 unspecified atom stereocenters. The molecule has 6 nitrogen and oxygen atoms in total. The van der Waals surface area contributed by atoms with Crippen molar-refractivity contribution in [3.8, 4) is 0 Å². The van der Waals surface area contributed by atoms with Gasteiger partial charge < -0.3 is 19.7 Å². The van der Waals surface area contributed by atoms with Crippen LogP contribution in [0, 0.1) is 35.5 Å². The summed E-state index contributed by atoms with van der Waals surface area (Å²) >= 11 is 1.69. The van der Waals surface area contributed by atoms with Crippen molar-refractivity contribution >= 4 is 23.3 Å². The van der Waals surface area contributed by atoms with E-state index in [0.717, 1.165) is 28.9 Å². The minimum absolute atomic E-state index is 0.00795. The molecule has 0 aromatic heterocycles. The Hall–Kier alpha value is -2.55. The van der Waals surface area contributed by atoms with Crippen LogP contribution in [0.5, 0.6) is 0 Å². The maximum absolute atomic E-state index is 13.7. The van der Waals surface area contributed by atoms with Gasteiger partial charge in [0.1, 0.15) is 6.61 Å². The maximum Gasteiger partial charge on any atom is 0.193 e. The normalized spacial score (nSPS) is 40.1. The second-order valence-corrected chi connectivity index (χ2v) is 14.5. The summed E-state index contributed by atoms with van der Waals surface area (Å²) in [5, 5.41) is 22.0. The zero-order valence-electron chi connectivity index (χ0n) is 24.3. The lowest BCUT2D eigenvalue weighted by molar-refractivity contribution is -0.201. The van der Waals surface area contributed by atoms with E-state index in [0.29, 0.717) is 12.8 Å². The van der Waals surface area contributed by atoms with Crippen molar-refractivity contribution in [2.24, 2.45) is 28.6 Å². The summed E-state index contributed by atoms with van der Waals surface area (Å²) in [5.74, 6) is -0.216. The van der Waals surface area contributed by atoms with Gasteiger partial charge >= 0.3 is 0 Å². The molecule has 42 heavy (non-hydrogen) atoms. The summed E-state index contributed by atoms with van der Waals surface area (Å²) in [6, 6.07) is 16.4. The molecule has 4 fully saturated rings. The number of aliphatic hydroxyl groups excluding tert-OH is 2. The Kier molecular flexibility index (Phi) is 6.72. The van der Waals surface area contributed by atoms with E-state index in [1.54, 1.807) is 23.9 Å². The number of aliphatic hydroxyl groups is 2. The summed E-state index contributed by atoms with van der Waals surface area (Å²) in [6.07, 6.45) is 6.05. The van der Waals surface area contributed by atoms with Crippen molar-refractivity contribution in [1.29, 1.82) is 0 Å². The van der Waals surface area contributed by atoms with Gasteiger partial charge in [-0.2, -0.15) is 0 Å². The van der Waals surface area contributed by atoms with Crippen LogP contribution in [0.1, 0.15) is 56.9 Å². The number of carbonyl (C=O) groups excluding carboxylic acids is 2. The first-order valence-corrected chi connectivity index (χ1v) is 15.8. The zero-order valence-corrected chi connectivity index (χ0v) is 25.1. The lowest BCUT2D eigenvalue weighted by atomic mass is 9.46. The highest BCUT2D eigenvalue weighted by molar-refractivity contribution is 7.99. The first kappa shape index (κ1) is 28.2. The lowest BCUT2D eigenvalue weighted by Gasteiger charge is -2.59. The number of benzene rings is 2. The van der Waals surface area contributed by atoms with Crippen LogP contribution in [0.3, 0.4) is 0 Å². The molecule has 220 valence electrons. The van der Waals surface area contributed by atoms with Crippen molar-refractivity contribution in [2.45, 2.75) is 80.3 Å². The van der Waals surface area contributed by atoms with Gasteiger partial charge in [0.2, 0.25) is 0 Å². The fraction of sp³-hybridized carbons (Fsp3) is 0.486. The van der Waals surface area contributed by atoms with Gasteiger partial charge in [0.15, 0.2) is 23.5 Å². The predicted octanol–water partition coefficient (Wildman–Crippen LogP) is 5.75. The Balaban J connectivity index is 1.18. The SMILES string of the molecule is Cc1cccc(Sc2ccc([C@@H]3O[C@@H]4C[C@H]5[C@@H]6CCC7=CC(=O)C=C[C@]7(C)[C@H]6[C@@H](O)C[C@]5(C)[C@]4(C(=O)CO)O3)cc2)c1. The molecule has 9 atom stereocenters. The summed E-state index contributed by atoms with van der Waals surface area (Å²) in [7, 11) is 0. The van der Waals surface area contributed by atoms with Gasteiger partial charge in [-0.05, 0) is 80.9 Å². The number of hydrogen-bond donors (Lipinski definition) is 2. The fourth-order valence-electron chi connectivity index (χ4n) is 9.34. The minimum atomic E-state index is -1.34. The number of Topliss-reactive ketones (excluding diaryl/α,β-unsaturated/α-hetero) is 1. The highest BCUT2D eigenvalue weighted by Crippen LogP contribution is 2.70. The molecule has 3 saturated carbocycles. The molecule has 4 aliphatic carbocycles. The van der Waals surface area contributed by atoms with Crippen molar-refractivity contribution in [2.75, 3.05) is 6.61 Å². The van der Waals surface area contributed by atoms with Crippen LogP contribution in [-0.4, -0.2) is 46.2 Å². The van der Waals surface area contributed by atoms with E-state index in [4.69, 9.17) is 9.47 Å². The number of ketones is 2.